The minimum absolute atomic E-state index is 0.0974. The van der Waals surface area contributed by atoms with Crippen molar-refractivity contribution in [2.75, 3.05) is 19.7 Å². The van der Waals surface area contributed by atoms with Crippen molar-refractivity contribution in [2.24, 2.45) is 5.92 Å². The predicted molar refractivity (Wildman–Crippen MR) is 123 cm³/mol. The molecule has 0 saturated carbocycles. The lowest BCUT2D eigenvalue weighted by Crippen LogP contribution is -2.40. The molecule has 0 fully saturated rings. The van der Waals surface area contributed by atoms with Gasteiger partial charge in [-0.2, -0.15) is 0 Å². The molecule has 0 bridgehead atoms. The molecule has 2 aromatic heterocycles. The van der Waals surface area contributed by atoms with Crippen molar-refractivity contribution in [3.8, 4) is 11.5 Å². The summed E-state index contributed by atoms with van der Waals surface area (Å²) >= 11 is 0. The van der Waals surface area contributed by atoms with E-state index in [1.807, 2.05) is 31.2 Å². The molecule has 2 aromatic carbocycles. The number of nitrogens with zero attached hydrogens (tertiary/aromatic N) is 1. The average molecular weight is 450 g/mol. The molecule has 6 rings (SSSR count). The van der Waals surface area contributed by atoms with Crippen LogP contribution in [-0.4, -0.2) is 35.8 Å². The van der Waals surface area contributed by atoms with Crippen molar-refractivity contribution in [1.82, 2.24) is 15.3 Å². The van der Waals surface area contributed by atoms with E-state index in [0.29, 0.717) is 30.0 Å². The van der Waals surface area contributed by atoms with Crippen LogP contribution in [-0.2, 0) is 12.8 Å². The SMILES string of the molecule is Cc1ccc2c3c(ccc2n1)OC[C@H](CNC[C@H]1CCc2[nH]c4c(F)cc(F)cc4c2C1)O3. The molecular weight excluding hydrogens is 424 g/mol. The van der Waals surface area contributed by atoms with Gasteiger partial charge in [-0.15, -0.1) is 0 Å². The van der Waals surface area contributed by atoms with E-state index in [9.17, 15) is 8.78 Å². The number of hydrogen-bond donors (Lipinski definition) is 2. The van der Waals surface area contributed by atoms with Crippen LogP contribution in [0.15, 0.2) is 36.4 Å². The highest BCUT2D eigenvalue weighted by atomic mass is 19.1. The Balaban J connectivity index is 1.11. The summed E-state index contributed by atoms with van der Waals surface area (Å²) in [6, 6.07) is 10.3. The van der Waals surface area contributed by atoms with Gasteiger partial charge >= 0.3 is 0 Å². The Kier molecular flexibility index (Phi) is 4.94. The highest BCUT2D eigenvalue weighted by Gasteiger charge is 2.26. The molecule has 2 atom stereocenters. The van der Waals surface area contributed by atoms with E-state index in [1.54, 1.807) is 0 Å². The molecule has 7 heteroatoms. The number of ether oxygens (including phenoxy) is 2. The van der Waals surface area contributed by atoms with Gasteiger partial charge in [-0.05, 0) is 74.5 Å². The number of pyridine rings is 1. The number of nitrogens with one attached hydrogen (secondary N) is 2. The monoisotopic (exact) mass is 449 g/mol. The fraction of sp³-hybridized carbons (Fsp3) is 0.346. The minimum Gasteiger partial charge on any atom is -0.486 e. The average Bonchev–Trinajstić information content (AvgIpc) is 3.17. The first kappa shape index (κ1) is 20.4. The van der Waals surface area contributed by atoms with Gasteiger partial charge in [0.15, 0.2) is 11.5 Å². The maximum Gasteiger partial charge on any atom is 0.171 e. The van der Waals surface area contributed by atoms with Gasteiger partial charge in [-0.25, -0.2) is 8.78 Å². The van der Waals surface area contributed by atoms with Gasteiger partial charge in [0, 0.05) is 34.8 Å². The fourth-order valence-electron chi connectivity index (χ4n) is 5.11. The predicted octanol–water partition coefficient (Wildman–Crippen LogP) is 4.84. The third-order valence-electron chi connectivity index (χ3n) is 6.75. The number of hydrogen-bond acceptors (Lipinski definition) is 4. The summed E-state index contributed by atoms with van der Waals surface area (Å²) in [6.45, 7) is 3.93. The Bertz CT molecular complexity index is 1370. The molecule has 4 aromatic rings. The summed E-state index contributed by atoms with van der Waals surface area (Å²) in [6.07, 6.45) is 2.54. The largest absolute Gasteiger partial charge is 0.486 e. The second-order valence-electron chi connectivity index (χ2n) is 9.12. The Hall–Kier alpha value is -3.19. The number of fused-ring (bicyclic) bond motifs is 6. The third-order valence-corrected chi connectivity index (χ3v) is 6.75. The van der Waals surface area contributed by atoms with E-state index in [4.69, 9.17) is 9.47 Å². The van der Waals surface area contributed by atoms with Gasteiger partial charge in [0.2, 0.25) is 0 Å². The Morgan fingerprint density at radius 1 is 1.12 bits per heavy atom. The molecule has 2 aliphatic rings. The van der Waals surface area contributed by atoms with Crippen molar-refractivity contribution in [3.05, 3.63) is 65.0 Å². The van der Waals surface area contributed by atoms with Crippen molar-refractivity contribution in [1.29, 1.82) is 0 Å². The highest BCUT2D eigenvalue weighted by Crippen LogP contribution is 2.38. The zero-order chi connectivity index (χ0) is 22.5. The van der Waals surface area contributed by atoms with Crippen LogP contribution in [0.25, 0.3) is 21.8 Å². The van der Waals surface area contributed by atoms with Crippen LogP contribution in [0.3, 0.4) is 0 Å². The van der Waals surface area contributed by atoms with Crippen molar-refractivity contribution in [3.63, 3.8) is 0 Å². The summed E-state index contributed by atoms with van der Waals surface area (Å²) in [7, 11) is 0. The summed E-state index contributed by atoms with van der Waals surface area (Å²) in [5.41, 5.74) is 4.35. The first-order valence-electron chi connectivity index (χ1n) is 11.4. The van der Waals surface area contributed by atoms with Crippen molar-refractivity contribution in [2.45, 2.75) is 32.3 Å². The quantitative estimate of drug-likeness (QED) is 0.468. The third kappa shape index (κ3) is 3.70. The number of aryl methyl sites for hydroxylation is 2. The topological polar surface area (TPSA) is 59.2 Å². The van der Waals surface area contributed by atoms with E-state index >= 15 is 0 Å². The van der Waals surface area contributed by atoms with E-state index in [1.165, 1.54) is 6.07 Å². The van der Waals surface area contributed by atoms with Crippen molar-refractivity contribution < 1.29 is 18.3 Å². The molecule has 0 saturated heterocycles. The second kappa shape index (κ2) is 7.99. The standard InChI is InChI=1S/C26H25F2N3O2/c1-14-2-4-18-22(30-14)6-7-24-26(18)33-17(13-32-24)12-29-11-15-3-5-23-19(8-15)20-9-16(27)10-21(28)25(20)31-23/h2,4,6-7,9-10,15,17,29,31H,3,5,8,11-13H2,1H3/t15-,17-/m0/s1. The van der Waals surface area contributed by atoms with Gasteiger partial charge in [0.25, 0.3) is 0 Å². The van der Waals surface area contributed by atoms with Crippen molar-refractivity contribution >= 4 is 21.8 Å². The molecule has 3 heterocycles. The molecule has 1 aliphatic heterocycles. The van der Waals surface area contributed by atoms with E-state index in [0.717, 1.165) is 71.2 Å². The fourth-order valence-corrected chi connectivity index (χ4v) is 5.11. The maximum atomic E-state index is 14.1. The lowest BCUT2D eigenvalue weighted by Gasteiger charge is -2.29. The Labute approximate surface area is 190 Å². The molecular formula is C26H25F2N3O2. The van der Waals surface area contributed by atoms with Gasteiger partial charge in [-0.1, -0.05) is 0 Å². The molecule has 0 radical (unpaired) electrons. The molecule has 0 amide bonds. The van der Waals surface area contributed by atoms with Crippen LogP contribution in [0.1, 0.15) is 23.4 Å². The van der Waals surface area contributed by atoms with Crippen LogP contribution in [0.4, 0.5) is 8.78 Å². The molecule has 170 valence electrons. The van der Waals surface area contributed by atoms with Gasteiger partial charge in [-0.3, -0.25) is 4.98 Å². The van der Waals surface area contributed by atoms with E-state index < -0.39 is 11.6 Å². The van der Waals surface area contributed by atoms with Gasteiger partial charge in [0.1, 0.15) is 24.3 Å². The number of benzene rings is 2. The van der Waals surface area contributed by atoms with Gasteiger partial charge in [0.05, 0.1) is 11.0 Å². The molecule has 0 unspecified atom stereocenters. The van der Waals surface area contributed by atoms with Crippen LogP contribution in [0.2, 0.25) is 0 Å². The zero-order valence-corrected chi connectivity index (χ0v) is 18.4. The first-order valence-corrected chi connectivity index (χ1v) is 11.4. The lowest BCUT2D eigenvalue weighted by atomic mass is 9.86. The maximum absolute atomic E-state index is 14.1. The van der Waals surface area contributed by atoms with Crippen LogP contribution < -0.4 is 14.8 Å². The van der Waals surface area contributed by atoms with Crippen LogP contribution in [0, 0.1) is 24.5 Å². The highest BCUT2D eigenvalue weighted by molar-refractivity contribution is 5.88. The minimum atomic E-state index is -0.533. The molecule has 5 nitrogen and oxygen atoms in total. The molecule has 33 heavy (non-hydrogen) atoms. The summed E-state index contributed by atoms with van der Waals surface area (Å²) in [5.74, 6) is 0.843. The number of aromatic amines is 1. The molecule has 0 spiro atoms. The number of aromatic nitrogens is 2. The zero-order valence-electron chi connectivity index (χ0n) is 18.4. The number of H-pyrrole nitrogens is 1. The smallest absolute Gasteiger partial charge is 0.171 e. The summed E-state index contributed by atoms with van der Waals surface area (Å²) in [5, 5.41) is 5.16. The second-order valence-corrected chi connectivity index (χ2v) is 9.12. The van der Waals surface area contributed by atoms with E-state index in [2.05, 4.69) is 15.3 Å². The number of halogens is 2. The van der Waals surface area contributed by atoms with Crippen LogP contribution in [0.5, 0.6) is 11.5 Å². The summed E-state index contributed by atoms with van der Waals surface area (Å²) in [4.78, 5) is 7.74. The van der Waals surface area contributed by atoms with E-state index in [-0.39, 0.29) is 6.10 Å². The molecule has 1 aliphatic carbocycles. The Morgan fingerprint density at radius 3 is 2.94 bits per heavy atom. The normalized spacial score (nSPS) is 19.7. The van der Waals surface area contributed by atoms with Crippen LogP contribution >= 0.6 is 0 Å². The molecule has 2 N–H and O–H groups in total. The van der Waals surface area contributed by atoms with Gasteiger partial charge < -0.3 is 19.8 Å². The summed E-state index contributed by atoms with van der Waals surface area (Å²) < 4.78 is 40.2. The number of rotatable bonds is 4. The Morgan fingerprint density at radius 2 is 2.03 bits per heavy atom. The first-order chi connectivity index (χ1) is 16.0. The lowest BCUT2D eigenvalue weighted by molar-refractivity contribution is 0.0915.